The van der Waals surface area contributed by atoms with E-state index < -0.39 is 0 Å². The third-order valence-corrected chi connectivity index (χ3v) is 5.56. The molecule has 1 saturated carbocycles. The minimum Gasteiger partial charge on any atom is -0.366 e. The van der Waals surface area contributed by atoms with Gasteiger partial charge in [-0.1, -0.05) is 19.1 Å². The molecule has 21 heavy (non-hydrogen) atoms. The zero-order chi connectivity index (χ0) is 15.0. The van der Waals surface area contributed by atoms with Crippen molar-refractivity contribution in [3.63, 3.8) is 0 Å². The van der Waals surface area contributed by atoms with Gasteiger partial charge in [-0.15, -0.1) is 0 Å². The fourth-order valence-electron chi connectivity index (χ4n) is 3.88. The van der Waals surface area contributed by atoms with Crippen LogP contribution in [-0.4, -0.2) is 42.7 Å². The van der Waals surface area contributed by atoms with E-state index in [1.54, 1.807) is 0 Å². The van der Waals surface area contributed by atoms with E-state index in [0.29, 0.717) is 6.04 Å². The van der Waals surface area contributed by atoms with Gasteiger partial charge in [0.2, 0.25) is 0 Å². The molecule has 2 aliphatic rings. The Hall–Kier alpha value is -1.06. The number of nitrogens with zero attached hydrogens (tertiary/aromatic N) is 2. The summed E-state index contributed by atoms with van der Waals surface area (Å²) in [4.78, 5) is 5.12. The van der Waals surface area contributed by atoms with E-state index in [0.717, 1.165) is 25.6 Å². The predicted octanol–water partition coefficient (Wildman–Crippen LogP) is 2.64. The van der Waals surface area contributed by atoms with E-state index >= 15 is 0 Å². The molecule has 1 heterocycles. The van der Waals surface area contributed by atoms with Crippen molar-refractivity contribution >= 4 is 5.69 Å². The Morgan fingerprint density at radius 3 is 2.48 bits per heavy atom. The Morgan fingerprint density at radius 1 is 1.29 bits per heavy atom. The summed E-state index contributed by atoms with van der Waals surface area (Å²) < 4.78 is 0. The summed E-state index contributed by atoms with van der Waals surface area (Å²) in [6.07, 6.45) is 5.02. The summed E-state index contributed by atoms with van der Waals surface area (Å²) in [5.74, 6) is 0. The van der Waals surface area contributed by atoms with Gasteiger partial charge >= 0.3 is 0 Å². The normalized spacial score (nSPS) is 29.8. The molecule has 1 aliphatic heterocycles. The summed E-state index contributed by atoms with van der Waals surface area (Å²) in [6, 6.07) is 10.5. The molecule has 2 N–H and O–H groups in total. The van der Waals surface area contributed by atoms with Crippen LogP contribution in [0.1, 0.15) is 38.7 Å². The fraction of sp³-hybridized carbons (Fsp3) is 0.667. The zero-order valence-electron chi connectivity index (χ0n) is 13.7. The Morgan fingerprint density at radius 2 is 1.95 bits per heavy atom. The highest BCUT2D eigenvalue weighted by molar-refractivity contribution is 5.50. The summed E-state index contributed by atoms with van der Waals surface area (Å²) >= 11 is 0. The lowest BCUT2D eigenvalue weighted by Gasteiger charge is -2.40. The molecule has 2 atom stereocenters. The predicted molar refractivity (Wildman–Crippen MR) is 89.8 cm³/mol. The number of hydrogen-bond donors (Lipinski definition) is 1. The smallest absolute Gasteiger partial charge is 0.0662 e. The molecule has 2 unspecified atom stereocenters. The Balaban J connectivity index is 1.81. The maximum absolute atomic E-state index is 6.24. The summed E-state index contributed by atoms with van der Waals surface area (Å²) in [7, 11) is 2.22. The topological polar surface area (TPSA) is 32.5 Å². The molecule has 0 bridgehead atoms. The molecule has 3 heteroatoms. The number of hydrogen-bond acceptors (Lipinski definition) is 3. The van der Waals surface area contributed by atoms with Gasteiger partial charge in [-0.2, -0.15) is 0 Å². The second kappa shape index (κ2) is 5.62. The van der Waals surface area contributed by atoms with Crippen molar-refractivity contribution in [2.45, 2.75) is 57.2 Å². The molecule has 0 radical (unpaired) electrons. The van der Waals surface area contributed by atoms with E-state index in [4.69, 9.17) is 5.73 Å². The number of benzene rings is 1. The van der Waals surface area contributed by atoms with Crippen LogP contribution in [0.3, 0.4) is 0 Å². The zero-order valence-corrected chi connectivity index (χ0v) is 13.7. The third kappa shape index (κ3) is 2.69. The van der Waals surface area contributed by atoms with Gasteiger partial charge in [-0.25, -0.2) is 0 Å². The first kappa shape index (κ1) is 14.9. The van der Waals surface area contributed by atoms with Gasteiger partial charge in [-0.05, 0) is 50.3 Å². The summed E-state index contributed by atoms with van der Waals surface area (Å²) in [5.41, 5.74) is 9.02. The molecule has 1 aromatic carbocycles. The van der Waals surface area contributed by atoms with Crippen LogP contribution in [0.25, 0.3) is 0 Å². The van der Waals surface area contributed by atoms with E-state index in [1.165, 1.54) is 30.5 Å². The SMILES string of the molecule is CCc1ccc(N(C)C2(CN)CC(C)N(C3CC3)C2)cc1. The maximum atomic E-state index is 6.24. The largest absolute Gasteiger partial charge is 0.366 e. The quantitative estimate of drug-likeness (QED) is 0.903. The van der Waals surface area contributed by atoms with E-state index in [-0.39, 0.29) is 5.54 Å². The van der Waals surface area contributed by atoms with E-state index in [2.05, 4.69) is 55.0 Å². The number of aryl methyl sites for hydroxylation is 1. The number of likely N-dealkylation sites (tertiary alicyclic amines) is 1. The molecule has 0 amide bonds. The van der Waals surface area contributed by atoms with E-state index in [9.17, 15) is 0 Å². The van der Waals surface area contributed by atoms with Crippen LogP contribution in [-0.2, 0) is 6.42 Å². The minimum absolute atomic E-state index is 0.0930. The molecule has 1 saturated heterocycles. The lowest BCUT2D eigenvalue weighted by Crippen LogP contribution is -2.54. The van der Waals surface area contributed by atoms with Crippen LogP contribution in [0.5, 0.6) is 0 Å². The Bertz CT molecular complexity index is 480. The molecule has 1 aliphatic carbocycles. The third-order valence-electron chi connectivity index (χ3n) is 5.56. The van der Waals surface area contributed by atoms with Gasteiger partial charge in [0, 0.05) is 37.9 Å². The Labute approximate surface area is 129 Å². The lowest BCUT2D eigenvalue weighted by molar-refractivity contribution is 0.249. The second-order valence-electron chi connectivity index (χ2n) is 6.96. The van der Waals surface area contributed by atoms with Crippen molar-refractivity contribution in [3.8, 4) is 0 Å². The standard InChI is InChI=1S/C18H29N3/c1-4-15-5-7-16(8-6-15)20(3)18(12-19)11-14(2)21(13-18)17-9-10-17/h5-8,14,17H,4,9-13,19H2,1-3H3. The number of rotatable bonds is 5. The molecule has 116 valence electrons. The molecule has 0 spiro atoms. The highest BCUT2D eigenvalue weighted by Gasteiger charge is 2.48. The fourth-order valence-corrected chi connectivity index (χ4v) is 3.88. The van der Waals surface area contributed by atoms with Crippen LogP contribution in [0, 0.1) is 0 Å². The average Bonchev–Trinajstić information content (AvgIpc) is 3.30. The monoisotopic (exact) mass is 287 g/mol. The van der Waals surface area contributed by atoms with Crippen molar-refractivity contribution < 1.29 is 0 Å². The molecule has 0 aromatic heterocycles. The first-order chi connectivity index (χ1) is 10.1. The second-order valence-corrected chi connectivity index (χ2v) is 6.96. The van der Waals surface area contributed by atoms with Crippen molar-refractivity contribution in [2.24, 2.45) is 5.73 Å². The molecule has 2 fully saturated rings. The van der Waals surface area contributed by atoms with Crippen LogP contribution >= 0.6 is 0 Å². The van der Waals surface area contributed by atoms with Crippen molar-refractivity contribution in [3.05, 3.63) is 29.8 Å². The van der Waals surface area contributed by atoms with Crippen molar-refractivity contribution in [1.82, 2.24) is 4.90 Å². The minimum atomic E-state index is 0.0930. The molecular formula is C18H29N3. The van der Waals surface area contributed by atoms with Crippen LogP contribution in [0.15, 0.2) is 24.3 Å². The summed E-state index contributed by atoms with van der Waals surface area (Å²) in [6.45, 7) is 6.41. The van der Waals surface area contributed by atoms with Gasteiger partial charge in [0.15, 0.2) is 0 Å². The number of nitrogens with two attached hydrogens (primary N) is 1. The maximum Gasteiger partial charge on any atom is 0.0662 e. The van der Waals surface area contributed by atoms with Crippen molar-refractivity contribution in [1.29, 1.82) is 0 Å². The molecule has 3 nitrogen and oxygen atoms in total. The number of likely N-dealkylation sites (N-methyl/N-ethyl adjacent to an activating group) is 1. The molecule has 3 rings (SSSR count). The van der Waals surface area contributed by atoms with Gasteiger partial charge in [-0.3, -0.25) is 4.90 Å². The Kier molecular flexibility index (Phi) is 3.98. The average molecular weight is 287 g/mol. The van der Waals surface area contributed by atoms with Gasteiger partial charge < -0.3 is 10.6 Å². The molecular weight excluding hydrogens is 258 g/mol. The first-order valence-electron chi connectivity index (χ1n) is 8.38. The first-order valence-corrected chi connectivity index (χ1v) is 8.38. The summed E-state index contributed by atoms with van der Waals surface area (Å²) in [5, 5.41) is 0. The van der Waals surface area contributed by atoms with Gasteiger partial charge in [0.25, 0.3) is 0 Å². The van der Waals surface area contributed by atoms with Crippen LogP contribution < -0.4 is 10.6 Å². The van der Waals surface area contributed by atoms with Gasteiger partial charge in [0.1, 0.15) is 0 Å². The van der Waals surface area contributed by atoms with Crippen LogP contribution in [0.2, 0.25) is 0 Å². The lowest BCUT2D eigenvalue weighted by atomic mass is 9.93. The molecule has 1 aromatic rings. The van der Waals surface area contributed by atoms with Crippen LogP contribution in [0.4, 0.5) is 5.69 Å². The van der Waals surface area contributed by atoms with Crippen molar-refractivity contribution in [2.75, 3.05) is 25.0 Å². The highest BCUT2D eigenvalue weighted by atomic mass is 15.3. The number of anilines is 1. The highest BCUT2D eigenvalue weighted by Crippen LogP contribution is 2.40. The van der Waals surface area contributed by atoms with E-state index in [1.807, 2.05) is 0 Å². The van der Waals surface area contributed by atoms with Gasteiger partial charge in [0.05, 0.1) is 5.54 Å².